The predicted molar refractivity (Wildman–Crippen MR) is 80.0 cm³/mol. The van der Waals surface area contributed by atoms with E-state index in [9.17, 15) is 4.79 Å². The lowest BCUT2D eigenvalue weighted by molar-refractivity contribution is 0.0951. The molecule has 0 bridgehead atoms. The molecule has 0 aromatic heterocycles. The summed E-state index contributed by atoms with van der Waals surface area (Å²) in [6.07, 6.45) is 0. The van der Waals surface area contributed by atoms with E-state index in [1.807, 2.05) is 24.3 Å². The second kappa shape index (κ2) is 6.30. The molecule has 0 radical (unpaired) electrons. The van der Waals surface area contributed by atoms with Crippen molar-refractivity contribution in [2.24, 2.45) is 0 Å². The molecule has 2 aromatic carbocycles. The molecular weight excluding hydrogens is 276 g/mol. The van der Waals surface area contributed by atoms with Gasteiger partial charge in [0.1, 0.15) is 5.75 Å². The maximum absolute atomic E-state index is 12.0. The largest absolute Gasteiger partial charge is 0.497 e. The van der Waals surface area contributed by atoms with Crippen LogP contribution in [0.4, 0.5) is 5.69 Å². The quantitative estimate of drug-likeness (QED) is 0.851. The molecule has 0 aliphatic carbocycles. The molecule has 5 heteroatoms. The normalized spacial score (nSPS) is 10.1. The highest BCUT2D eigenvalue weighted by atomic mass is 35.5. The molecule has 0 spiro atoms. The van der Waals surface area contributed by atoms with Crippen molar-refractivity contribution in [1.82, 2.24) is 5.32 Å². The predicted octanol–water partition coefficient (Wildman–Crippen LogP) is 2.86. The summed E-state index contributed by atoms with van der Waals surface area (Å²) >= 11 is 5.89. The highest BCUT2D eigenvalue weighted by Gasteiger charge is 2.07. The average Bonchev–Trinajstić information content (AvgIpc) is 2.48. The third kappa shape index (κ3) is 3.42. The van der Waals surface area contributed by atoms with E-state index in [4.69, 9.17) is 22.1 Å². The number of methoxy groups -OCH3 is 1. The minimum atomic E-state index is -0.192. The van der Waals surface area contributed by atoms with Gasteiger partial charge in [-0.05, 0) is 35.9 Å². The van der Waals surface area contributed by atoms with Crippen LogP contribution in [0, 0.1) is 0 Å². The topological polar surface area (TPSA) is 64.3 Å². The van der Waals surface area contributed by atoms with Crippen molar-refractivity contribution in [1.29, 1.82) is 0 Å². The highest BCUT2D eigenvalue weighted by molar-refractivity contribution is 6.33. The zero-order valence-corrected chi connectivity index (χ0v) is 11.8. The number of hydrogen-bond acceptors (Lipinski definition) is 3. The Morgan fingerprint density at radius 1 is 1.25 bits per heavy atom. The number of ether oxygens (including phenoxy) is 1. The van der Waals surface area contributed by atoms with Gasteiger partial charge in [-0.15, -0.1) is 0 Å². The Hall–Kier alpha value is -2.20. The van der Waals surface area contributed by atoms with Crippen molar-refractivity contribution in [2.45, 2.75) is 6.54 Å². The zero-order chi connectivity index (χ0) is 14.5. The molecular formula is C15H15ClN2O2. The number of carbonyl (C=O) groups excluding carboxylic acids is 1. The third-order valence-electron chi connectivity index (χ3n) is 2.87. The first-order chi connectivity index (χ1) is 9.60. The van der Waals surface area contributed by atoms with E-state index in [1.165, 1.54) is 0 Å². The number of hydrogen-bond donors (Lipinski definition) is 2. The molecule has 0 fully saturated rings. The number of halogens is 1. The van der Waals surface area contributed by atoms with E-state index in [0.717, 1.165) is 11.3 Å². The van der Waals surface area contributed by atoms with Crippen molar-refractivity contribution in [3.8, 4) is 5.75 Å². The summed E-state index contributed by atoms with van der Waals surface area (Å²) < 4.78 is 5.07. The van der Waals surface area contributed by atoms with Crippen molar-refractivity contribution < 1.29 is 9.53 Å². The van der Waals surface area contributed by atoms with Gasteiger partial charge in [0.25, 0.3) is 5.91 Å². The van der Waals surface area contributed by atoms with E-state index in [0.29, 0.717) is 22.8 Å². The van der Waals surface area contributed by atoms with Crippen LogP contribution in [-0.2, 0) is 6.54 Å². The molecule has 0 aliphatic rings. The van der Waals surface area contributed by atoms with Crippen LogP contribution in [0.1, 0.15) is 15.9 Å². The van der Waals surface area contributed by atoms with E-state index in [-0.39, 0.29) is 5.91 Å². The van der Waals surface area contributed by atoms with Gasteiger partial charge in [-0.1, -0.05) is 23.7 Å². The molecule has 0 aliphatic heterocycles. The summed E-state index contributed by atoms with van der Waals surface area (Å²) in [4.78, 5) is 12.0. The number of anilines is 1. The summed E-state index contributed by atoms with van der Waals surface area (Å²) in [5, 5.41) is 3.20. The van der Waals surface area contributed by atoms with Gasteiger partial charge in [-0.3, -0.25) is 4.79 Å². The monoisotopic (exact) mass is 290 g/mol. The average molecular weight is 291 g/mol. The summed E-state index contributed by atoms with van der Waals surface area (Å²) in [5.41, 5.74) is 7.53. The summed E-state index contributed by atoms with van der Waals surface area (Å²) in [7, 11) is 1.61. The third-order valence-corrected chi connectivity index (χ3v) is 3.20. The molecule has 4 nitrogen and oxygen atoms in total. The number of nitrogens with two attached hydrogens (primary N) is 1. The van der Waals surface area contributed by atoms with Crippen LogP contribution in [0.3, 0.4) is 0 Å². The molecule has 0 heterocycles. The lowest BCUT2D eigenvalue weighted by Gasteiger charge is -2.07. The second-order valence-corrected chi connectivity index (χ2v) is 4.67. The first kappa shape index (κ1) is 14.2. The number of rotatable bonds is 4. The number of carbonyl (C=O) groups is 1. The fraction of sp³-hybridized carbons (Fsp3) is 0.133. The fourth-order valence-corrected chi connectivity index (χ4v) is 1.88. The SMILES string of the molecule is COc1ccc(CNC(=O)c2ccc(N)c(Cl)c2)cc1. The van der Waals surface area contributed by atoms with Gasteiger partial charge in [0.2, 0.25) is 0 Å². The Labute approximate surface area is 122 Å². The summed E-state index contributed by atoms with van der Waals surface area (Å²) in [5.74, 6) is 0.591. The standard InChI is InChI=1S/C15H15ClN2O2/c1-20-12-5-2-10(3-6-12)9-18-15(19)11-4-7-14(17)13(16)8-11/h2-8H,9,17H2,1H3,(H,18,19). The number of nitrogens with one attached hydrogen (secondary N) is 1. The molecule has 2 rings (SSSR count). The van der Waals surface area contributed by atoms with Gasteiger partial charge >= 0.3 is 0 Å². The summed E-state index contributed by atoms with van der Waals surface area (Å²) in [6.45, 7) is 0.435. The van der Waals surface area contributed by atoms with Crippen LogP contribution >= 0.6 is 11.6 Å². The molecule has 0 unspecified atom stereocenters. The Morgan fingerprint density at radius 2 is 1.95 bits per heavy atom. The Balaban J connectivity index is 1.98. The highest BCUT2D eigenvalue weighted by Crippen LogP contribution is 2.19. The molecule has 2 aromatic rings. The zero-order valence-electron chi connectivity index (χ0n) is 11.0. The molecule has 0 atom stereocenters. The van der Waals surface area contributed by atoms with Crippen LogP contribution in [0.15, 0.2) is 42.5 Å². The molecule has 0 saturated carbocycles. The van der Waals surface area contributed by atoms with Gasteiger partial charge in [0.15, 0.2) is 0 Å². The van der Waals surface area contributed by atoms with Gasteiger partial charge in [-0.25, -0.2) is 0 Å². The molecule has 1 amide bonds. The van der Waals surface area contributed by atoms with E-state index in [1.54, 1.807) is 25.3 Å². The minimum absolute atomic E-state index is 0.192. The minimum Gasteiger partial charge on any atom is -0.497 e. The smallest absolute Gasteiger partial charge is 0.251 e. The van der Waals surface area contributed by atoms with Gasteiger partial charge in [-0.2, -0.15) is 0 Å². The van der Waals surface area contributed by atoms with E-state index in [2.05, 4.69) is 5.32 Å². The van der Waals surface area contributed by atoms with Crippen molar-refractivity contribution in [3.63, 3.8) is 0 Å². The molecule has 104 valence electrons. The lowest BCUT2D eigenvalue weighted by Crippen LogP contribution is -2.22. The van der Waals surface area contributed by atoms with E-state index >= 15 is 0 Å². The summed E-state index contributed by atoms with van der Waals surface area (Å²) in [6, 6.07) is 12.3. The Bertz CT molecular complexity index is 612. The maximum atomic E-state index is 12.0. The molecule has 3 N–H and O–H groups in total. The van der Waals surface area contributed by atoms with Crippen molar-refractivity contribution in [3.05, 3.63) is 58.6 Å². The van der Waals surface area contributed by atoms with Crippen LogP contribution in [-0.4, -0.2) is 13.0 Å². The van der Waals surface area contributed by atoms with Crippen LogP contribution in [0.5, 0.6) is 5.75 Å². The molecule has 0 saturated heterocycles. The lowest BCUT2D eigenvalue weighted by atomic mass is 10.1. The van der Waals surface area contributed by atoms with E-state index < -0.39 is 0 Å². The van der Waals surface area contributed by atoms with Crippen LogP contribution in [0.2, 0.25) is 5.02 Å². The first-order valence-corrected chi connectivity index (χ1v) is 6.44. The number of benzene rings is 2. The fourth-order valence-electron chi connectivity index (χ4n) is 1.70. The maximum Gasteiger partial charge on any atom is 0.251 e. The Morgan fingerprint density at radius 3 is 2.55 bits per heavy atom. The van der Waals surface area contributed by atoms with Gasteiger partial charge < -0.3 is 15.8 Å². The second-order valence-electron chi connectivity index (χ2n) is 4.27. The van der Waals surface area contributed by atoms with Gasteiger partial charge in [0.05, 0.1) is 17.8 Å². The Kier molecular flexibility index (Phi) is 4.48. The van der Waals surface area contributed by atoms with Crippen molar-refractivity contribution in [2.75, 3.05) is 12.8 Å². The number of nitrogen functional groups attached to an aromatic ring is 1. The first-order valence-electron chi connectivity index (χ1n) is 6.06. The van der Waals surface area contributed by atoms with Crippen LogP contribution in [0.25, 0.3) is 0 Å². The van der Waals surface area contributed by atoms with Gasteiger partial charge in [0, 0.05) is 12.1 Å². The molecule has 20 heavy (non-hydrogen) atoms. The van der Waals surface area contributed by atoms with Crippen LogP contribution < -0.4 is 15.8 Å². The van der Waals surface area contributed by atoms with Crippen molar-refractivity contribution >= 4 is 23.2 Å². The number of amides is 1.